The van der Waals surface area contributed by atoms with E-state index in [-0.39, 0.29) is 11.8 Å². The van der Waals surface area contributed by atoms with Crippen molar-refractivity contribution >= 4 is 40.8 Å². The van der Waals surface area contributed by atoms with E-state index in [0.717, 1.165) is 6.42 Å². The Balaban J connectivity index is 4.84. The first-order valence-electron chi connectivity index (χ1n) is 8.92. The van der Waals surface area contributed by atoms with Crippen molar-refractivity contribution in [2.24, 2.45) is 0 Å². The number of nitrogens with one attached hydrogen (secondary N) is 5. The van der Waals surface area contributed by atoms with Crippen LogP contribution in [-0.2, 0) is 19.2 Å². The summed E-state index contributed by atoms with van der Waals surface area (Å²) in [7, 11) is 1.48. The van der Waals surface area contributed by atoms with Gasteiger partial charge in [-0.1, -0.05) is 12.2 Å². The third-order valence-electron chi connectivity index (χ3n) is 3.74. The van der Waals surface area contributed by atoms with Crippen LogP contribution in [0.5, 0.6) is 0 Å². The van der Waals surface area contributed by atoms with Crippen LogP contribution in [0.2, 0.25) is 0 Å². The van der Waals surface area contributed by atoms with Crippen LogP contribution < -0.4 is 26.6 Å². The normalized spacial score (nSPS) is 13.5. The number of carbonyl (C=O) groups excluding carboxylic acids is 4. The van der Waals surface area contributed by atoms with E-state index in [0.29, 0.717) is 24.4 Å². The molecule has 0 aromatic heterocycles. The Morgan fingerprint density at radius 2 is 1.44 bits per heavy atom. The lowest BCUT2D eigenvalue weighted by Gasteiger charge is -2.22. The molecule has 9 nitrogen and oxygen atoms in total. The molecular formula is C17H31N5O4S. The Morgan fingerprint density at radius 1 is 0.852 bits per heavy atom. The molecule has 154 valence electrons. The zero-order valence-corrected chi connectivity index (χ0v) is 17.4. The fraction of sp³-hybridized carbons (Fsp3) is 0.706. The number of thiocarbonyl (C=S) groups is 1. The van der Waals surface area contributed by atoms with Crippen molar-refractivity contribution in [1.29, 1.82) is 0 Å². The summed E-state index contributed by atoms with van der Waals surface area (Å²) in [6.07, 6.45) is 1.82. The van der Waals surface area contributed by atoms with Gasteiger partial charge in [0.1, 0.15) is 18.1 Å². The Morgan fingerprint density at radius 3 is 1.96 bits per heavy atom. The first kappa shape index (κ1) is 24.8. The van der Waals surface area contributed by atoms with Gasteiger partial charge in [-0.3, -0.25) is 19.2 Å². The number of unbranched alkanes of at least 4 members (excludes halogenated alkanes) is 1. The Kier molecular flexibility index (Phi) is 11.9. The van der Waals surface area contributed by atoms with Crippen LogP contribution in [0.15, 0.2) is 0 Å². The fourth-order valence-electron chi connectivity index (χ4n) is 2.27. The van der Waals surface area contributed by atoms with Gasteiger partial charge in [0.15, 0.2) is 0 Å². The number of amides is 4. The predicted molar refractivity (Wildman–Crippen MR) is 107 cm³/mol. The Bertz CT molecular complexity index is 555. The van der Waals surface area contributed by atoms with Gasteiger partial charge in [-0.2, -0.15) is 0 Å². The molecule has 0 radical (unpaired) electrons. The summed E-state index contributed by atoms with van der Waals surface area (Å²) in [5, 5.41) is 13.2. The molecule has 4 amide bonds. The number of rotatable bonds is 11. The topological polar surface area (TPSA) is 128 Å². The highest BCUT2D eigenvalue weighted by Gasteiger charge is 2.25. The van der Waals surface area contributed by atoms with Gasteiger partial charge in [-0.15, -0.1) is 0 Å². The second-order valence-electron chi connectivity index (χ2n) is 6.31. The minimum atomic E-state index is -0.811. The molecule has 0 heterocycles. The standard InChI is InChI=1S/C17H31N5O4S/c1-10(15(24)18-5)21-17(26)14(8-6-7-9-19-13(4)27)22-16(25)11(2)20-12(3)23/h10-11,14H,6-9H2,1-5H3,(H,18,24)(H,19,27)(H,20,23)(H,21,26)(H,22,25)/t10-,11-,14-/m0/s1. The van der Waals surface area contributed by atoms with E-state index in [1.165, 1.54) is 20.9 Å². The summed E-state index contributed by atoms with van der Waals surface area (Å²) in [5.74, 6) is -1.59. The first-order valence-corrected chi connectivity index (χ1v) is 9.33. The zero-order valence-electron chi connectivity index (χ0n) is 16.6. The fourth-order valence-corrected chi connectivity index (χ4v) is 2.37. The monoisotopic (exact) mass is 401 g/mol. The van der Waals surface area contributed by atoms with Crippen LogP contribution in [0.4, 0.5) is 0 Å². The molecule has 0 aliphatic carbocycles. The zero-order chi connectivity index (χ0) is 21.0. The summed E-state index contributed by atoms with van der Waals surface area (Å²) in [6.45, 7) is 6.86. The maximum absolute atomic E-state index is 12.5. The summed E-state index contributed by atoms with van der Waals surface area (Å²) < 4.78 is 0. The number of likely N-dealkylation sites (N-methyl/N-ethyl adjacent to an activating group) is 1. The molecule has 0 unspecified atom stereocenters. The van der Waals surface area contributed by atoms with E-state index >= 15 is 0 Å². The van der Waals surface area contributed by atoms with Crippen LogP contribution >= 0.6 is 12.2 Å². The number of hydrogen-bond donors (Lipinski definition) is 5. The van der Waals surface area contributed by atoms with Crippen LogP contribution in [0, 0.1) is 0 Å². The average Bonchev–Trinajstić information content (AvgIpc) is 2.58. The second-order valence-corrected chi connectivity index (χ2v) is 6.92. The molecule has 0 spiro atoms. The van der Waals surface area contributed by atoms with Gasteiger partial charge in [0.05, 0.1) is 4.99 Å². The van der Waals surface area contributed by atoms with Crippen LogP contribution in [-0.4, -0.2) is 60.3 Å². The van der Waals surface area contributed by atoms with Gasteiger partial charge in [-0.05, 0) is 40.0 Å². The molecule has 5 N–H and O–H groups in total. The number of carbonyl (C=O) groups is 4. The maximum atomic E-state index is 12.5. The van der Waals surface area contributed by atoms with E-state index in [1.807, 2.05) is 0 Å². The van der Waals surface area contributed by atoms with E-state index in [4.69, 9.17) is 12.2 Å². The third-order valence-corrected chi connectivity index (χ3v) is 3.88. The van der Waals surface area contributed by atoms with Gasteiger partial charge in [0.25, 0.3) is 0 Å². The Hall–Kier alpha value is -2.23. The van der Waals surface area contributed by atoms with Crippen LogP contribution in [0.1, 0.15) is 47.0 Å². The molecule has 0 saturated carbocycles. The van der Waals surface area contributed by atoms with E-state index < -0.39 is 29.9 Å². The lowest BCUT2D eigenvalue weighted by molar-refractivity contribution is -0.133. The predicted octanol–water partition coefficient (Wildman–Crippen LogP) is -0.646. The molecule has 10 heteroatoms. The van der Waals surface area contributed by atoms with Gasteiger partial charge in [-0.25, -0.2) is 0 Å². The molecule has 0 fully saturated rings. The Labute approximate surface area is 165 Å². The van der Waals surface area contributed by atoms with Crippen molar-refractivity contribution in [3.05, 3.63) is 0 Å². The summed E-state index contributed by atoms with van der Waals surface area (Å²) >= 11 is 4.94. The highest BCUT2D eigenvalue weighted by molar-refractivity contribution is 7.80. The van der Waals surface area contributed by atoms with E-state index in [1.54, 1.807) is 13.8 Å². The van der Waals surface area contributed by atoms with Crippen LogP contribution in [0.25, 0.3) is 0 Å². The molecule has 0 aromatic carbocycles. The molecule has 27 heavy (non-hydrogen) atoms. The van der Waals surface area contributed by atoms with Gasteiger partial charge < -0.3 is 26.6 Å². The van der Waals surface area contributed by atoms with E-state index in [2.05, 4.69) is 26.6 Å². The summed E-state index contributed by atoms with van der Waals surface area (Å²) in [5.41, 5.74) is 0. The molecule has 0 saturated heterocycles. The molecule has 0 bridgehead atoms. The maximum Gasteiger partial charge on any atom is 0.243 e. The minimum Gasteiger partial charge on any atom is -0.380 e. The summed E-state index contributed by atoms with van der Waals surface area (Å²) in [4.78, 5) is 48.1. The molecule has 3 atom stereocenters. The van der Waals surface area contributed by atoms with Crippen molar-refractivity contribution in [2.45, 2.75) is 65.1 Å². The highest BCUT2D eigenvalue weighted by atomic mass is 32.1. The average molecular weight is 402 g/mol. The number of hydrogen-bond acceptors (Lipinski definition) is 5. The lowest BCUT2D eigenvalue weighted by Crippen LogP contribution is -2.55. The van der Waals surface area contributed by atoms with Crippen molar-refractivity contribution in [3.63, 3.8) is 0 Å². The SMILES string of the molecule is CNC(=O)[C@H](C)NC(=O)[C@H](CCCCNC(C)=S)NC(=O)[C@H](C)NC(C)=O. The minimum absolute atomic E-state index is 0.333. The van der Waals surface area contributed by atoms with Gasteiger partial charge in [0, 0.05) is 20.5 Å². The second kappa shape index (κ2) is 13.0. The van der Waals surface area contributed by atoms with Gasteiger partial charge >= 0.3 is 0 Å². The summed E-state index contributed by atoms with van der Waals surface area (Å²) in [6, 6.07) is -2.31. The van der Waals surface area contributed by atoms with E-state index in [9.17, 15) is 19.2 Å². The van der Waals surface area contributed by atoms with Gasteiger partial charge in [0.2, 0.25) is 23.6 Å². The molecule has 0 aromatic rings. The highest BCUT2D eigenvalue weighted by Crippen LogP contribution is 2.03. The smallest absolute Gasteiger partial charge is 0.243 e. The molecular weight excluding hydrogens is 370 g/mol. The van der Waals surface area contributed by atoms with Crippen molar-refractivity contribution in [3.8, 4) is 0 Å². The first-order chi connectivity index (χ1) is 12.6. The van der Waals surface area contributed by atoms with Crippen molar-refractivity contribution < 1.29 is 19.2 Å². The molecule has 0 rings (SSSR count). The lowest BCUT2D eigenvalue weighted by atomic mass is 10.1. The van der Waals surface area contributed by atoms with Crippen molar-refractivity contribution in [1.82, 2.24) is 26.6 Å². The third kappa shape index (κ3) is 11.2. The molecule has 0 aliphatic rings. The quantitative estimate of drug-likeness (QED) is 0.231. The molecule has 0 aliphatic heterocycles. The van der Waals surface area contributed by atoms with Crippen molar-refractivity contribution in [2.75, 3.05) is 13.6 Å². The van der Waals surface area contributed by atoms with Crippen LogP contribution in [0.3, 0.4) is 0 Å². The largest absolute Gasteiger partial charge is 0.380 e.